The third-order valence-corrected chi connectivity index (χ3v) is 1.99. The molecule has 106 valence electrons. The van der Waals surface area contributed by atoms with Gasteiger partial charge in [0.2, 0.25) is 17.8 Å². The van der Waals surface area contributed by atoms with Gasteiger partial charge in [-0.3, -0.25) is 4.79 Å². The maximum atomic E-state index is 11.4. The number of nitrogen functional groups attached to an aromatic ring is 1. The van der Waals surface area contributed by atoms with Crippen molar-refractivity contribution in [3.63, 3.8) is 0 Å². The van der Waals surface area contributed by atoms with Gasteiger partial charge < -0.3 is 21.1 Å². The first kappa shape index (κ1) is 14.9. The van der Waals surface area contributed by atoms with Gasteiger partial charge in [-0.15, -0.1) is 0 Å². The van der Waals surface area contributed by atoms with Crippen molar-refractivity contribution in [1.29, 1.82) is 0 Å². The molecule has 0 radical (unpaired) electrons. The van der Waals surface area contributed by atoms with Crippen molar-refractivity contribution in [2.45, 2.75) is 33.2 Å². The first-order chi connectivity index (χ1) is 9.01. The summed E-state index contributed by atoms with van der Waals surface area (Å²) in [6, 6.07) is 0.300. The van der Waals surface area contributed by atoms with Crippen LogP contribution in [-0.2, 0) is 4.79 Å². The van der Waals surface area contributed by atoms with Crippen LogP contribution >= 0.6 is 0 Å². The molecular formula is C11H20N6O2. The molecule has 0 bridgehead atoms. The Bertz CT molecular complexity index is 424. The SMILES string of the molecule is CCOc1nc(N)nc(NCCC(=O)NC(C)C)n1. The van der Waals surface area contributed by atoms with Gasteiger partial charge in [0.1, 0.15) is 0 Å². The summed E-state index contributed by atoms with van der Waals surface area (Å²) in [6.45, 7) is 6.50. The molecule has 0 aliphatic rings. The van der Waals surface area contributed by atoms with Crippen molar-refractivity contribution >= 4 is 17.8 Å². The van der Waals surface area contributed by atoms with Crippen molar-refractivity contribution in [2.75, 3.05) is 24.2 Å². The van der Waals surface area contributed by atoms with Gasteiger partial charge in [-0.05, 0) is 20.8 Å². The number of amides is 1. The maximum Gasteiger partial charge on any atom is 0.323 e. The molecule has 1 heterocycles. The smallest absolute Gasteiger partial charge is 0.323 e. The number of nitrogens with zero attached hydrogens (tertiary/aromatic N) is 3. The van der Waals surface area contributed by atoms with Crippen molar-refractivity contribution in [3.8, 4) is 6.01 Å². The summed E-state index contributed by atoms with van der Waals surface area (Å²) in [4.78, 5) is 23.2. The second-order valence-electron chi connectivity index (χ2n) is 4.13. The number of hydrogen-bond donors (Lipinski definition) is 3. The molecule has 1 rings (SSSR count). The first-order valence-corrected chi connectivity index (χ1v) is 6.18. The van der Waals surface area contributed by atoms with Crippen LogP contribution in [0, 0.1) is 0 Å². The molecule has 8 nitrogen and oxygen atoms in total. The Kier molecular flexibility index (Phi) is 5.77. The number of ether oxygens (including phenoxy) is 1. The number of nitrogens with one attached hydrogen (secondary N) is 2. The Hall–Kier alpha value is -2.12. The van der Waals surface area contributed by atoms with E-state index in [4.69, 9.17) is 10.5 Å². The van der Waals surface area contributed by atoms with E-state index in [1.54, 1.807) is 0 Å². The van der Waals surface area contributed by atoms with Crippen LogP contribution < -0.4 is 21.1 Å². The minimum Gasteiger partial charge on any atom is -0.464 e. The Balaban J connectivity index is 2.46. The van der Waals surface area contributed by atoms with E-state index >= 15 is 0 Å². The second kappa shape index (κ2) is 7.34. The monoisotopic (exact) mass is 268 g/mol. The molecule has 0 aliphatic heterocycles. The number of rotatable bonds is 7. The molecule has 0 atom stereocenters. The van der Waals surface area contributed by atoms with E-state index in [0.29, 0.717) is 25.5 Å². The highest BCUT2D eigenvalue weighted by atomic mass is 16.5. The topological polar surface area (TPSA) is 115 Å². The highest BCUT2D eigenvalue weighted by Gasteiger charge is 2.06. The Morgan fingerprint density at radius 3 is 2.74 bits per heavy atom. The molecule has 0 aliphatic carbocycles. The van der Waals surface area contributed by atoms with Crippen LogP contribution in [0.2, 0.25) is 0 Å². The van der Waals surface area contributed by atoms with Crippen LogP contribution in [0.4, 0.5) is 11.9 Å². The lowest BCUT2D eigenvalue weighted by Crippen LogP contribution is -2.31. The second-order valence-corrected chi connectivity index (χ2v) is 4.13. The van der Waals surface area contributed by atoms with Gasteiger partial charge in [-0.2, -0.15) is 15.0 Å². The van der Waals surface area contributed by atoms with Crippen molar-refractivity contribution in [1.82, 2.24) is 20.3 Å². The van der Waals surface area contributed by atoms with Crippen LogP contribution in [0.25, 0.3) is 0 Å². The fourth-order valence-corrected chi connectivity index (χ4v) is 1.33. The molecule has 0 spiro atoms. The van der Waals surface area contributed by atoms with E-state index in [1.165, 1.54) is 0 Å². The lowest BCUT2D eigenvalue weighted by Gasteiger charge is -2.09. The van der Waals surface area contributed by atoms with Gasteiger partial charge in [0, 0.05) is 19.0 Å². The van der Waals surface area contributed by atoms with Gasteiger partial charge in [-0.25, -0.2) is 0 Å². The summed E-state index contributed by atoms with van der Waals surface area (Å²) < 4.78 is 5.15. The molecule has 0 saturated carbocycles. The number of carbonyl (C=O) groups is 1. The molecule has 4 N–H and O–H groups in total. The van der Waals surface area contributed by atoms with Crippen LogP contribution in [0.3, 0.4) is 0 Å². The summed E-state index contributed by atoms with van der Waals surface area (Å²) in [5.74, 6) is 0.343. The molecule has 8 heteroatoms. The zero-order chi connectivity index (χ0) is 14.3. The Morgan fingerprint density at radius 2 is 2.11 bits per heavy atom. The van der Waals surface area contributed by atoms with E-state index in [2.05, 4.69) is 25.6 Å². The average Bonchev–Trinajstić information content (AvgIpc) is 2.27. The highest BCUT2D eigenvalue weighted by molar-refractivity contribution is 5.76. The molecule has 0 unspecified atom stereocenters. The number of nitrogens with two attached hydrogens (primary N) is 1. The Morgan fingerprint density at radius 1 is 1.37 bits per heavy atom. The van der Waals surface area contributed by atoms with Crippen LogP contribution in [0.1, 0.15) is 27.2 Å². The predicted molar refractivity (Wildman–Crippen MR) is 71.8 cm³/mol. The molecule has 1 aromatic heterocycles. The molecular weight excluding hydrogens is 248 g/mol. The summed E-state index contributed by atoms with van der Waals surface area (Å²) in [6.07, 6.45) is 0.327. The summed E-state index contributed by atoms with van der Waals surface area (Å²) >= 11 is 0. The maximum absolute atomic E-state index is 11.4. The number of hydrogen-bond acceptors (Lipinski definition) is 7. The standard InChI is InChI=1S/C11H20N6O2/c1-4-19-11-16-9(12)15-10(17-11)13-6-5-8(18)14-7(2)3/h7H,4-6H2,1-3H3,(H,14,18)(H3,12,13,15,16,17). The molecule has 0 aromatic carbocycles. The molecule has 1 aromatic rings. The number of carbonyl (C=O) groups excluding carboxylic acids is 1. The van der Waals surface area contributed by atoms with Gasteiger partial charge >= 0.3 is 6.01 Å². The Labute approximate surface area is 112 Å². The van der Waals surface area contributed by atoms with E-state index in [-0.39, 0.29) is 23.9 Å². The van der Waals surface area contributed by atoms with E-state index < -0.39 is 0 Å². The number of aromatic nitrogens is 3. The third-order valence-electron chi connectivity index (χ3n) is 1.99. The van der Waals surface area contributed by atoms with E-state index in [0.717, 1.165) is 0 Å². The van der Waals surface area contributed by atoms with Crippen molar-refractivity contribution < 1.29 is 9.53 Å². The van der Waals surface area contributed by atoms with Crippen molar-refractivity contribution in [2.24, 2.45) is 0 Å². The quantitative estimate of drug-likeness (QED) is 0.646. The molecule has 19 heavy (non-hydrogen) atoms. The third kappa shape index (κ3) is 5.84. The minimum atomic E-state index is -0.0328. The van der Waals surface area contributed by atoms with Gasteiger partial charge in [0.05, 0.1) is 6.61 Å². The van der Waals surface area contributed by atoms with Crippen LogP contribution in [0.15, 0.2) is 0 Å². The lowest BCUT2D eigenvalue weighted by molar-refractivity contribution is -0.121. The normalized spacial score (nSPS) is 10.3. The van der Waals surface area contributed by atoms with Gasteiger partial charge in [0.25, 0.3) is 0 Å². The van der Waals surface area contributed by atoms with Crippen LogP contribution in [0.5, 0.6) is 6.01 Å². The number of anilines is 2. The molecule has 0 saturated heterocycles. The van der Waals surface area contributed by atoms with Crippen LogP contribution in [-0.4, -0.2) is 40.1 Å². The summed E-state index contributed by atoms with van der Waals surface area (Å²) in [5.41, 5.74) is 5.53. The zero-order valence-corrected chi connectivity index (χ0v) is 11.4. The van der Waals surface area contributed by atoms with E-state index in [9.17, 15) is 4.79 Å². The largest absolute Gasteiger partial charge is 0.464 e. The minimum absolute atomic E-state index is 0.0328. The lowest BCUT2D eigenvalue weighted by atomic mass is 10.3. The van der Waals surface area contributed by atoms with Gasteiger partial charge in [-0.1, -0.05) is 0 Å². The predicted octanol–water partition coefficient (Wildman–Crippen LogP) is 0.179. The van der Waals surface area contributed by atoms with Gasteiger partial charge in [0.15, 0.2) is 0 Å². The molecule has 0 fully saturated rings. The fourth-order valence-electron chi connectivity index (χ4n) is 1.33. The summed E-state index contributed by atoms with van der Waals surface area (Å²) in [5, 5.41) is 5.70. The highest BCUT2D eigenvalue weighted by Crippen LogP contribution is 2.08. The van der Waals surface area contributed by atoms with Crippen molar-refractivity contribution in [3.05, 3.63) is 0 Å². The van der Waals surface area contributed by atoms with E-state index in [1.807, 2.05) is 20.8 Å². The molecule has 1 amide bonds. The zero-order valence-electron chi connectivity index (χ0n) is 11.4. The fraction of sp³-hybridized carbons (Fsp3) is 0.636. The first-order valence-electron chi connectivity index (χ1n) is 6.18. The summed E-state index contributed by atoms with van der Waals surface area (Å²) in [7, 11) is 0. The average molecular weight is 268 g/mol.